The molecule has 8 nitrogen and oxygen atoms in total. The lowest BCUT2D eigenvalue weighted by Crippen LogP contribution is -2.23. The quantitative estimate of drug-likeness (QED) is 0.466. The maximum Gasteiger partial charge on any atom is 0.433 e. The molecule has 2 aromatic heterocycles. The van der Waals surface area contributed by atoms with Crippen LogP contribution < -0.4 is 16.0 Å². The summed E-state index contributed by atoms with van der Waals surface area (Å²) in [7, 11) is 3.81. The van der Waals surface area contributed by atoms with Gasteiger partial charge in [-0.25, -0.2) is 9.78 Å². The summed E-state index contributed by atoms with van der Waals surface area (Å²) in [5, 5.41) is 9.48. The van der Waals surface area contributed by atoms with Crippen LogP contribution in [0.5, 0.6) is 0 Å². The van der Waals surface area contributed by atoms with E-state index in [1.54, 1.807) is 24.4 Å². The molecule has 0 saturated carbocycles. The standard InChI is InChI=1S/C21H24F3N7O/c1-13-9-15-10-16(6-5-14(15)12-26-13)27-20(32)30-19-28-17(21(22,23)24)11-18(29-19)25-7-4-8-31(2)3/h5-6,9-12H,4,7-8H2,1-3H3,(H3,25,27,28,29,30,32). The summed E-state index contributed by atoms with van der Waals surface area (Å²) < 4.78 is 39.7. The number of urea groups is 1. The van der Waals surface area contributed by atoms with Gasteiger partial charge in [0.25, 0.3) is 0 Å². The van der Waals surface area contributed by atoms with Crippen molar-refractivity contribution in [3.8, 4) is 0 Å². The molecule has 3 aromatic rings. The topological polar surface area (TPSA) is 95.1 Å². The van der Waals surface area contributed by atoms with Crippen molar-refractivity contribution >= 4 is 34.3 Å². The lowest BCUT2D eigenvalue weighted by molar-refractivity contribution is -0.141. The molecular formula is C21H24F3N7O. The fourth-order valence-corrected chi connectivity index (χ4v) is 2.94. The molecule has 2 amide bonds. The van der Waals surface area contributed by atoms with Gasteiger partial charge in [-0.1, -0.05) is 6.07 Å². The van der Waals surface area contributed by atoms with E-state index in [2.05, 4.69) is 30.9 Å². The zero-order valence-electron chi connectivity index (χ0n) is 17.9. The average Bonchev–Trinajstić information content (AvgIpc) is 2.70. The molecule has 0 aliphatic rings. The van der Waals surface area contributed by atoms with Gasteiger partial charge in [0.1, 0.15) is 5.82 Å². The molecule has 0 aliphatic carbocycles. The van der Waals surface area contributed by atoms with Crippen LogP contribution in [0.3, 0.4) is 0 Å². The van der Waals surface area contributed by atoms with E-state index in [9.17, 15) is 18.0 Å². The van der Waals surface area contributed by atoms with Gasteiger partial charge in [0.2, 0.25) is 5.95 Å². The number of fused-ring (bicyclic) bond motifs is 1. The van der Waals surface area contributed by atoms with Crippen molar-refractivity contribution in [3.05, 3.63) is 47.9 Å². The fraction of sp³-hybridized carbons (Fsp3) is 0.333. The van der Waals surface area contributed by atoms with Crippen LogP contribution in [0.2, 0.25) is 0 Å². The largest absolute Gasteiger partial charge is 0.433 e. The highest BCUT2D eigenvalue weighted by atomic mass is 19.4. The summed E-state index contributed by atoms with van der Waals surface area (Å²) in [5.41, 5.74) is 0.142. The molecule has 170 valence electrons. The third-order valence-electron chi connectivity index (χ3n) is 4.45. The molecule has 32 heavy (non-hydrogen) atoms. The van der Waals surface area contributed by atoms with Gasteiger partial charge in [0.05, 0.1) is 0 Å². The molecule has 0 bridgehead atoms. The lowest BCUT2D eigenvalue weighted by atomic mass is 10.1. The van der Waals surface area contributed by atoms with Gasteiger partial charge in [0.15, 0.2) is 5.69 Å². The Morgan fingerprint density at radius 3 is 2.56 bits per heavy atom. The van der Waals surface area contributed by atoms with E-state index in [0.29, 0.717) is 18.7 Å². The van der Waals surface area contributed by atoms with Gasteiger partial charge < -0.3 is 15.5 Å². The number of aryl methyl sites for hydroxylation is 1. The van der Waals surface area contributed by atoms with E-state index in [0.717, 1.165) is 29.1 Å². The second kappa shape index (κ2) is 9.77. The Bertz CT molecular complexity index is 1100. The third-order valence-corrected chi connectivity index (χ3v) is 4.45. The van der Waals surface area contributed by atoms with Crippen molar-refractivity contribution < 1.29 is 18.0 Å². The summed E-state index contributed by atoms with van der Waals surface area (Å²) in [5.74, 6) is -0.469. The van der Waals surface area contributed by atoms with Crippen LogP contribution in [0, 0.1) is 6.92 Å². The molecule has 0 saturated heterocycles. The second-order valence-electron chi connectivity index (χ2n) is 7.51. The number of carbonyl (C=O) groups is 1. The molecule has 0 fully saturated rings. The van der Waals surface area contributed by atoms with Crippen molar-refractivity contribution in [2.75, 3.05) is 43.1 Å². The van der Waals surface area contributed by atoms with Gasteiger partial charge in [0, 0.05) is 35.6 Å². The number of pyridine rings is 1. The SMILES string of the molecule is Cc1cc2cc(NC(=O)Nc3nc(NCCCN(C)C)cc(C(F)(F)F)n3)ccc2cn1. The second-order valence-corrected chi connectivity index (χ2v) is 7.51. The predicted molar refractivity (Wildman–Crippen MR) is 118 cm³/mol. The first kappa shape index (κ1) is 23.2. The van der Waals surface area contributed by atoms with Crippen LogP contribution in [0.25, 0.3) is 10.8 Å². The Labute approximate surface area is 183 Å². The summed E-state index contributed by atoms with van der Waals surface area (Å²) in [6.45, 7) is 3.03. The minimum absolute atomic E-state index is 0.0185. The number of alkyl halides is 3. The zero-order valence-corrected chi connectivity index (χ0v) is 17.9. The van der Waals surface area contributed by atoms with Crippen molar-refractivity contribution in [2.45, 2.75) is 19.5 Å². The zero-order chi connectivity index (χ0) is 23.3. The Kier molecular flexibility index (Phi) is 7.08. The number of nitrogens with zero attached hydrogens (tertiary/aromatic N) is 4. The molecule has 0 spiro atoms. The van der Waals surface area contributed by atoms with Crippen molar-refractivity contribution in [1.29, 1.82) is 0 Å². The highest BCUT2D eigenvalue weighted by molar-refractivity contribution is 6.00. The molecule has 3 rings (SSSR count). The number of aromatic nitrogens is 3. The van der Waals surface area contributed by atoms with Crippen molar-refractivity contribution in [2.24, 2.45) is 0 Å². The van der Waals surface area contributed by atoms with Gasteiger partial charge >= 0.3 is 12.2 Å². The lowest BCUT2D eigenvalue weighted by Gasteiger charge is -2.14. The van der Waals surface area contributed by atoms with Gasteiger partial charge in [-0.3, -0.25) is 10.3 Å². The number of nitrogens with one attached hydrogen (secondary N) is 3. The number of hydrogen-bond acceptors (Lipinski definition) is 6. The van der Waals surface area contributed by atoms with Crippen molar-refractivity contribution in [1.82, 2.24) is 19.9 Å². The normalized spacial score (nSPS) is 11.6. The molecule has 0 atom stereocenters. The number of hydrogen-bond donors (Lipinski definition) is 3. The summed E-state index contributed by atoms with van der Waals surface area (Å²) in [6, 6.07) is 7.13. The summed E-state index contributed by atoms with van der Waals surface area (Å²) >= 11 is 0. The van der Waals surface area contributed by atoms with Crippen molar-refractivity contribution in [3.63, 3.8) is 0 Å². The van der Waals surface area contributed by atoms with Crippen LogP contribution in [0.15, 0.2) is 36.5 Å². The van der Waals surface area contributed by atoms with E-state index in [1.165, 1.54) is 0 Å². The van der Waals surface area contributed by atoms with Gasteiger partial charge in [-0.15, -0.1) is 0 Å². The highest BCUT2D eigenvalue weighted by Gasteiger charge is 2.34. The molecule has 1 aromatic carbocycles. The molecule has 0 unspecified atom stereocenters. The smallest absolute Gasteiger partial charge is 0.370 e. The maximum absolute atomic E-state index is 13.2. The first-order valence-corrected chi connectivity index (χ1v) is 9.89. The number of halogens is 3. The summed E-state index contributed by atoms with van der Waals surface area (Å²) in [6.07, 6.45) is -2.25. The van der Waals surface area contributed by atoms with Crippen LogP contribution in [0.4, 0.5) is 35.4 Å². The molecule has 0 radical (unpaired) electrons. The monoisotopic (exact) mass is 447 g/mol. The number of benzene rings is 1. The van der Waals surface area contributed by atoms with Gasteiger partial charge in [-0.05, 0) is 57.6 Å². The van der Waals surface area contributed by atoms with E-state index < -0.39 is 23.8 Å². The number of rotatable bonds is 7. The Balaban J connectivity index is 1.73. The van der Waals surface area contributed by atoms with E-state index in [1.807, 2.05) is 32.0 Å². The van der Waals surface area contributed by atoms with Crippen LogP contribution >= 0.6 is 0 Å². The minimum Gasteiger partial charge on any atom is -0.370 e. The first-order valence-electron chi connectivity index (χ1n) is 9.89. The Morgan fingerprint density at radius 1 is 1.06 bits per heavy atom. The van der Waals surface area contributed by atoms with Gasteiger partial charge in [-0.2, -0.15) is 18.2 Å². The van der Waals surface area contributed by atoms with E-state index in [-0.39, 0.29) is 5.82 Å². The van der Waals surface area contributed by atoms with E-state index >= 15 is 0 Å². The van der Waals surface area contributed by atoms with Crippen LogP contribution in [-0.2, 0) is 6.18 Å². The predicted octanol–water partition coefficient (Wildman–Crippen LogP) is 4.36. The maximum atomic E-state index is 13.2. The molecule has 3 N–H and O–H groups in total. The Morgan fingerprint density at radius 2 is 1.84 bits per heavy atom. The van der Waals surface area contributed by atoms with E-state index in [4.69, 9.17) is 0 Å². The number of amides is 2. The third kappa shape index (κ3) is 6.51. The fourth-order valence-electron chi connectivity index (χ4n) is 2.94. The minimum atomic E-state index is -4.68. The van der Waals surface area contributed by atoms with Crippen LogP contribution in [-0.4, -0.2) is 53.1 Å². The molecular weight excluding hydrogens is 423 g/mol. The molecule has 2 heterocycles. The average molecular weight is 447 g/mol. The molecule has 0 aliphatic heterocycles. The first-order chi connectivity index (χ1) is 15.1. The summed E-state index contributed by atoms with van der Waals surface area (Å²) in [4.78, 5) is 26.0. The number of carbonyl (C=O) groups excluding carboxylic acids is 1. The molecule has 11 heteroatoms. The van der Waals surface area contributed by atoms with Crippen LogP contribution in [0.1, 0.15) is 17.8 Å². The highest BCUT2D eigenvalue weighted by Crippen LogP contribution is 2.29. The number of anilines is 3. The Hall–Kier alpha value is -3.47.